The first-order chi connectivity index (χ1) is 27.1. The van der Waals surface area contributed by atoms with E-state index >= 15 is 0 Å². The highest BCUT2D eigenvalue weighted by Crippen LogP contribution is 2.44. The van der Waals surface area contributed by atoms with E-state index in [1.165, 1.54) is 26.0 Å². The van der Waals surface area contributed by atoms with Crippen LogP contribution in [0, 0.1) is 20.8 Å². The number of nitrogens with one attached hydrogen (secondary N) is 3. The molecule has 0 unspecified atom stereocenters. The molecule has 0 saturated heterocycles. The molecule has 1 heterocycles. The molecule has 4 aromatic carbocycles. The lowest BCUT2D eigenvalue weighted by Gasteiger charge is -2.26. The van der Waals surface area contributed by atoms with Crippen molar-refractivity contribution in [2.24, 2.45) is 0 Å². The Morgan fingerprint density at radius 1 is 0.638 bits per heavy atom. The molecule has 0 aliphatic heterocycles. The van der Waals surface area contributed by atoms with E-state index in [2.05, 4.69) is 35.1 Å². The number of halogens is 1. The van der Waals surface area contributed by atoms with Crippen molar-refractivity contribution >= 4 is 93.9 Å². The minimum atomic E-state index is -4.54. The number of fused-ring (bicyclic) bond motifs is 2. The summed E-state index contributed by atoms with van der Waals surface area (Å²) in [5.74, 6) is -1.28. The number of para-hydroxylation sites is 1. The van der Waals surface area contributed by atoms with Crippen LogP contribution in [-0.4, -0.2) is 79.4 Å². The summed E-state index contributed by atoms with van der Waals surface area (Å²) in [6.07, 6.45) is 0.993. The van der Waals surface area contributed by atoms with Crippen molar-refractivity contribution in [1.29, 1.82) is 0 Å². The van der Waals surface area contributed by atoms with E-state index in [0.717, 1.165) is 33.7 Å². The molecular weight excluding hydrogens is 838 g/mol. The molecule has 22 heteroatoms. The molecule has 0 radical (unpaired) electrons. The molecule has 58 heavy (non-hydrogen) atoms. The van der Waals surface area contributed by atoms with Crippen LogP contribution in [0.25, 0.3) is 0 Å². The van der Waals surface area contributed by atoms with Gasteiger partial charge in [-0.2, -0.15) is 40.2 Å². The molecule has 5 N–H and O–H groups in total. The Labute approximate surface area is 339 Å². The summed E-state index contributed by atoms with van der Waals surface area (Å²) in [5, 5.41) is 8.95. The largest absolute Gasteiger partial charge is 0.397 e. The molecule has 18 nitrogen and oxygen atoms in total. The molecule has 306 valence electrons. The maximum Gasteiger partial charge on any atom is 0.298 e. The first-order valence-corrected chi connectivity index (χ1v) is 21.6. The molecule has 0 spiro atoms. The molecule has 6 rings (SSSR count). The molecule has 1 aliphatic carbocycles. The monoisotopic (exact) mass is 873 g/mol. The van der Waals surface area contributed by atoms with Crippen LogP contribution in [0.4, 0.5) is 40.3 Å². The Kier molecular flexibility index (Phi) is 12.6. The Morgan fingerprint density at radius 3 is 1.64 bits per heavy atom. The van der Waals surface area contributed by atoms with Gasteiger partial charge in [-0.3, -0.25) is 22.1 Å². The number of benzene rings is 4. The molecule has 0 bridgehead atoms. The van der Waals surface area contributed by atoms with Gasteiger partial charge in [-0.1, -0.05) is 42.5 Å². The van der Waals surface area contributed by atoms with Crippen LogP contribution in [0.2, 0.25) is 5.28 Å². The van der Waals surface area contributed by atoms with Gasteiger partial charge in [0.1, 0.15) is 9.79 Å². The maximum absolute atomic E-state index is 14.0. The molecule has 1 aromatic heterocycles. The van der Waals surface area contributed by atoms with Gasteiger partial charge in [0.2, 0.25) is 17.2 Å². The van der Waals surface area contributed by atoms with Gasteiger partial charge in [0.15, 0.2) is 11.6 Å². The summed E-state index contributed by atoms with van der Waals surface area (Å²) in [4.78, 5) is 39.7. The molecule has 0 fully saturated rings. The van der Waals surface area contributed by atoms with Crippen LogP contribution in [-0.2, 0) is 42.9 Å². The van der Waals surface area contributed by atoms with E-state index < -0.39 is 52.5 Å². The fraction of sp³-hybridized carbons (Fsp3) is 0.194. The predicted octanol–water partition coefficient (Wildman–Crippen LogP) is 5.30. The van der Waals surface area contributed by atoms with Gasteiger partial charge >= 0.3 is 0 Å². The van der Waals surface area contributed by atoms with Gasteiger partial charge in [0.25, 0.3) is 30.4 Å². The fourth-order valence-corrected chi connectivity index (χ4v) is 8.17. The van der Waals surface area contributed by atoms with Crippen molar-refractivity contribution in [3.63, 3.8) is 0 Å². The summed E-state index contributed by atoms with van der Waals surface area (Å²) >= 11 is 6.26. The third-order valence-corrected chi connectivity index (χ3v) is 12.4. The number of aromatic nitrogens is 3. The molecule has 0 saturated carbocycles. The highest BCUT2D eigenvalue weighted by atomic mass is 35.5. The Morgan fingerprint density at radius 2 is 1.12 bits per heavy atom. The molecule has 0 amide bonds. The van der Waals surface area contributed by atoms with Crippen LogP contribution in [0.15, 0.2) is 70.5 Å². The lowest BCUT2D eigenvalue weighted by Crippen LogP contribution is -2.25. The number of nitrogen functional groups attached to an aromatic ring is 1. The third-order valence-electron chi connectivity index (χ3n) is 8.78. The lowest BCUT2D eigenvalue weighted by atomic mass is 9.82. The quantitative estimate of drug-likeness (QED) is 0.0950. The van der Waals surface area contributed by atoms with Crippen molar-refractivity contribution in [3.8, 4) is 0 Å². The number of nitrogens with zero attached hydrogens (tertiary/aromatic N) is 3. The molecule has 1 aliphatic rings. The van der Waals surface area contributed by atoms with Crippen LogP contribution in [0.1, 0.15) is 48.5 Å². The first-order valence-electron chi connectivity index (χ1n) is 16.6. The van der Waals surface area contributed by atoms with Gasteiger partial charge in [-0.15, -0.1) is 0 Å². The van der Waals surface area contributed by atoms with E-state index in [9.17, 15) is 34.8 Å². The summed E-state index contributed by atoms with van der Waals surface area (Å²) in [6, 6.07) is 16.1. The second-order valence-electron chi connectivity index (χ2n) is 12.3. The number of carbonyl (C=O) groups excluding carboxylic acids is 2. The summed E-state index contributed by atoms with van der Waals surface area (Å²) in [5.41, 5.74) is 6.86. The Balaban J connectivity index is 0.000000992. The third kappa shape index (κ3) is 8.79. The van der Waals surface area contributed by atoms with Gasteiger partial charge in [-0.25, -0.2) is 0 Å². The number of carbonyl (C=O) groups is 2. The zero-order chi connectivity index (χ0) is 42.9. The van der Waals surface area contributed by atoms with Crippen LogP contribution < -0.4 is 21.7 Å². The highest BCUT2D eigenvalue weighted by Gasteiger charge is 2.37. The van der Waals surface area contributed by atoms with Crippen molar-refractivity contribution < 1.29 is 47.4 Å². The maximum atomic E-state index is 14.0. The molecule has 5 aromatic rings. The highest BCUT2D eigenvalue weighted by molar-refractivity contribution is 7.87. The Hall–Kier alpha value is -5.55. The van der Waals surface area contributed by atoms with Crippen LogP contribution in [0.3, 0.4) is 0 Å². The van der Waals surface area contributed by atoms with E-state index in [0.29, 0.717) is 11.3 Å². The number of hydrogen-bond acceptors (Lipinski definition) is 18. The zero-order valence-electron chi connectivity index (χ0n) is 31.8. The van der Waals surface area contributed by atoms with Gasteiger partial charge in [0.05, 0.1) is 55.8 Å². The van der Waals surface area contributed by atoms with Gasteiger partial charge in [-0.05, 0) is 67.3 Å². The standard InChI is InChI=1S/C34H30ClN7O8S2.C2H6O3S/c1-16-27(38-22-15-23(51(45,46)49-4)26(36)25-24(22)29(43)20-13-9-10-14-21(20)30(25)44)17(2)31(52(47,48)50-5)18(3)28(16)39-34-41-32(35)40-33(42-34)37-19-11-7-6-8-12-19;1-5-6(2,3)4/h6-15,38H,36H2,1-5H3,(H2,37,39,40,41,42);1-2H3. The minimum Gasteiger partial charge on any atom is -0.397 e. The normalized spacial score (nSPS) is 12.6. The SMILES string of the molecule is COS(=O)(=O)c1cc(Nc2c(C)c(Nc3nc(Cl)nc(Nc4ccccc4)n3)c(C)c(S(=O)(=O)OC)c2C)c2c(c1N)C(=O)c1ccccc1C2=O.COS(C)(=O)=O. The molecule has 0 atom stereocenters. The van der Waals surface area contributed by atoms with E-state index in [1.54, 1.807) is 31.2 Å². The topological polar surface area (TPSA) is 265 Å². The smallest absolute Gasteiger partial charge is 0.298 e. The second kappa shape index (κ2) is 16.7. The van der Waals surface area contributed by atoms with Crippen LogP contribution in [0.5, 0.6) is 0 Å². The van der Waals surface area contributed by atoms with Gasteiger partial charge < -0.3 is 21.7 Å². The Bertz CT molecular complexity index is 2820. The second-order valence-corrected chi connectivity index (χ2v) is 17.8. The average molecular weight is 874 g/mol. The number of ketones is 2. The minimum absolute atomic E-state index is 0.0319. The zero-order valence-corrected chi connectivity index (χ0v) is 35.0. The molecular formula is C36H36ClN7O11S3. The average Bonchev–Trinajstić information content (AvgIpc) is 3.17. The number of rotatable bonds is 11. The number of nitrogens with two attached hydrogens (primary N) is 1. The van der Waals surface area contributed by atoms with Crippen molar-refractivity contribution in [3.05, 3.63) is 105 Å². The van der Waals surface area contributed by atoms with Gasteiger partial charge in [0, 0.05) is 22.5 Å². The number of hydrogen-bond donors (Lipinski definition) is 4. The fourth-order valence-electron chi connectivity index (χ4n) is 6.08. The van der Waals surface area contributed by atoms with Crippen LogP contribution >= 0.6 is 11.6 Å². The first kappa shape index (κ1) is 43.6. The van der Waals surface area contributed by atoms with E-state index in [1.807, 2.05) is 18.2 Å². The van der Waals surface area contributed by atoms with E-state index in [-0.39, 0.29) is 72.5 Å². The summed E-state index contributed by atoms with van der Waals surface area (Å²) in [7, 11) is -9.06. The van der Waals surface area contributed by atoms with E-state index in [4.69, 9.17) is 25.7 Å². The predicted molar refractivity (Wildman–Crippen MR) is 216 cm³/mol. The number of anilines is 7. The van der Waals surface area contributed by atoms with Crippen molar-refractivity contribution in [2.75, 3.05) is 49.3 Å². The summed E-state index contributed by atoms with van der Waals surface area (Å²) < 4.78 is 86.3. The van der Waals surface area contributed by atoms with Crippen molar-refractivity contribution in [2.45, 2.75) is 30.6 Å². The van der Waals surface area contributed by atoms with Crippen molar-refractivity contribution in [1.82, 2.24) is 15.0 Å². The summed E-state index contributed by atoms with van der Waals surface area (Å²) in [6.45, 7) is 4.68. The lowest BCUT2D eigenvalue weighted by molar-refractivity contribution is 0.0980.